The van der Waals surface area contributed by atoms with Crippen molar-refractivity contribution in [2.75, 3.05) is 0 Å². The third-order valence-electron chi connectivity index (χ3n) is 3.95. The molecule has 0 saturated heterocycles. The molecule has 0 radical (unpaired) electrons. The number of halogens is 1. The largest absolute Gasteiger partial charge is 0.457 e. The van der Waals surface area contributed by atoms with Gasteiger partial charge in [-0.05, 0) is 48.0 Å². The topological polar surface area (TPSA) is 68.5 Å². The Morgan fingerprint density at radius 2 is 1.78 bits per heavy atom. The summed E-state index contributed by atoms with van der Waals surface area (Å²) in [5.74, 6) is 0.631. The third-order valence-corrected chi connectivity index (χ3v) is 3.95. The molecule has 2 heterocycles. The Morgan fingerprint density at radius 3 is 2.52 bits per heavy atom. The smallest absolute Gasteiger partial charge is 0.257 e. The second-order valence-electron chi connectivity index (χ2n) is 5.83. The highest BCUT2D eigenvalue weighted by Crippen LogP contribution is 2.21. The van der Waals surface area contributed by atoms with Crippen molar-refractivity contribution in [3.63, 3.8) is 0 Å². The maximum atomic E-state index is 12.9. The average molecular weight is 362 g/mol. The number of ether oxygens (including phenoxy) is 1. The quantitative estimate of drug-likeness (QED) is 0.589. The standard InChI is InChI=1S/C20H15FN4O2/c21-15-4-8-17(9-5-15)27-16-6-2-14(3-7-16)12-23-20(26)18-13-24-25-11-1-10-22-19(18)25/h1-11,13H,12H2,(H,23,26). The van der Waals surface area contributed by atoms with Crippen molar-refractivity contribution in [2.45, 2.75) is 6.54 Å². The molecule has 4 rings (SSSR count). The van der Waals surface area contributed by atoms with E-state index >= 15 is 0 Å². The summed E-state index contributed by atoms with van der Waals surface area (Å²) in [6, 6.07) is 14.9. The maximum Gasteiger partial charge on any atom is 0.257 e. The zero-order chi connectivity index (χ0) is 18.6. The molecule has 6 nitrogen and oxygen atoms in total. The Morgan fingerprint density at radius 1 is 1.07 bits per heavy atom. The Balaban J connectivity index is 1.38. The Labute approximate surface area is 154 Å². The van der Waals surface area contributed by atoms with Crippen LogP contribution in [0.25, 0.3) is 5.65 Å². The number of nitrogens with one attached hydrogen (secondary N) is 1. The Bertz CT molecular complexity index is 1080. The first-order chi connectivity index (χ1) is 13.2. The molecule has 134 valence electrons. The van der Waals surface area contributed by atoms with E-state index in [4.69, 9.17) is 4.74 Å². The first kappa shape index (κ1) is 16.7. The minimum absolute atomic E-state index is 0.240. The number of benzene rings is 2. The number of carbonyl (C=O) groups is 1. The van der Waals surface area contributed by atoms with Gasteiger partial charge in [0, 0.05) is 18.9 Å². The summed E-state index contributed by atoms with van der Waals surface area (Å²) in [6.45, 7) is 0.361. The van der Waals surface area contributed by atoms with Crippen molar-refractivity contribution >= 4 is 11.6 Å². The van der Waals surface area contributed by atoms with Gasteiger partial charge in [-0.3, -0.25) is 4.79 Å². The number of amides is 1. The minimum Gasteiger partial charge on any atom is -0.457 e. The van der Waals surface area contributed by atoms with Crippen LogP contribution in [0.5, 0.6) is 11.5 Å². The predicted molar refractivity (Wildman–Crippen MR) is 97.1 cm³/mol. The number of aromatic nitrogens is 3. The van der Waals surface area contributed by atoms with Gasteiger partial charge in [-0.1, -0.05) is 12.1 Å². The van der Waals surface area contributed by atoms with Crippen molar-refractivity contribution in [1.82, 2.24) is 19.9 Å². The molecule has 0 atom stereocenters. The van der Waals surface area contributed by atoms with E-state index < -0.39 is 0 Å². The summed E-state index contributed by atoms with van der Waals surface area (Å²) >= 11 is 0. The predicted octanol–water partition coefficient (Wildman–Crippen LogP) is 3.59. The zero-order valence-electron chi connectivity index (χ0n) is 14.2. The van der Waals surface area contributed by atoms with Crippen LogP contribution in [-0.2, 0) is 6.54 Å². The molecule has 2 aromatic heterocycles. The molecule has 4 aromatic rings. The lowest BCUT2D eigenvalue weighted by Crippen LogP contribution is -2.22. The highest BCUT2D eigenvalue weighted by molar-refractivity contribution is 5.99. The van der Waals surface area contributed by atoms with E-state index in [1.54, 1.807) is 47.2 Å². The van der Waals surface area contributed by atoms with Gasteiger partial charge in [0.1, 0.15) is 22.9 Å². The summed E-state index contributed by atoms with van der Waals surface area (Å²) in [7, 11) is 0. The van der Waals surface area contributed by atoms with Crippen molar-refractivity contribution < 1.29 is 13.9 Å². The lowest BCUT2D eigenvalue weighted by atomic mass is 10.2. The summed E-state index contributed by atoms with van der Waals surface area (Å²) in [5.41, 5.74) is 1.85. The number of hydrogen-bond donors (Lipinski definition) is 1. The van der Waals surface area contributed by atoms with Gasteiger partial charge in [0.15, 0.2) is 5.65 Å². The normalized spacial score (nSPS) is 10.7. The highest BCUT2D eigenvalue weighted by Gasteiger charge is 2.13. The van der Waals surface area contributed by atoms with Gasteiger partial charge >= 0.3 is 0 Å². The summed E-state index contributed by atoms with van der Waals surface area (Å²) in [5, 5.41) is 6.96. The second-order valence-corrected chi connectivity index (χ2v) is 5.83. The monoisotopic (exact) mass is 362 g/mol. The lowest BCUT2D eigenvalue weighted by Gasteiger charge is -2.08. The van der Waals surface area contributed by atoms with Crippen LogP contribution in [0.2, 0.25) is 0 Å². The molecular formula is C20H15FN4O2. The molecule has 0 bridgehead atoms. The molecule has 27 heavy (non-hydrogen) atoms. The van der Waals surface area contributed by atoms with E-state index in [-0.39, 0.29) is 11.7 Å². The van der Waals surface area contributed by atoms with Crippen LogP contribution in [-0.4, -0.2) is 20.5 Å². The fraction of sp³-hybridized carbons (Fsp3) is 0.0500. The molecule has 0 fully saturated rings. The van der Waals surface area contributed by atoms with E-state index in [2.05, 4.69) is 15.4 Å². The SMILES string of the molecule is O=C(NCc1ccc(Oc2ccc(F)cc2)cc1)c1cnn2cccnc12. The summed E-state index contributed by atoms with van der Waals surface area (Å²) in [4.78, 5) is 16.5. The molecule has 1 amide bonds. The van der Waals surface area contributed by atoms with Crippen molar-refractivity contribution in [3.05, 3.63) is 90.1 Å². The number of fused-ring (bicyclic) bond motifs is 1. The zero-order valence-corrected chi connectivity index (χ0v) is 14.2. The van der Waals surface area contributed by atoms with Gasteiger partial charge in [0.05, 0.1) is 6.20 Å². The maximum absolute atomic E-state index is 12.9. The van der Waals surface area contributed by atoms with Gasteiger partial charge in [-0.15, -0.1) is 0 Å². The first-order valence-corrected chi connectivity index (χ1v) is 8.28. The van der Waals surface area contributed by atoms with E-state index in [1.165, 1.54) is 18.3 Å². The summed E-state index contributed by atoms with van der Waals surface area (Å²) < 4.78 is 20.1. The lowest BCUT2D eigenvalue weighted by molar-refractivity contribution is 0.0952. The van der Waals surface area contributed by atoms with Crippen LogP contribution in [0.4, 0.5) is 4.39 Å². The molecule has 0 aliphatic heterocycles. The van der Waals surface area contributed by atoms with Gasteiger partial charge in [-0.2, -0.15) is 5.10 Å². The van der Waals surface area contributed by atoms with Gasteiger partial charge in [0.25, 0.3) is 5.91 Å². The molecule has 0 saturated carbocycles. The van der Waals surface area contributed by atoms with Crippen LogP contribution >= 0.6 is 0 Å². The van der Waals surface area contributed by atoms with Crippen LogP contribution < -0.4 is 10.1 Å². The number of rotatable bonds is 5. The van der Waals surface area contributed by atoms with Crippen LogP contribution in [0.1, 0.15) is 15.9 Å². The molecule has 2 aromatic carbocycles. The van der Waals surface area contributed by atoms with Crippen LogP contribution in [0.15, 0.2) is 73.2 Å². The Kier molecular flexibility index (Phi) is 4.49. The molecular weight excluding hydrogens is 347 g/mol. The molecule has 0 aliphatic rings. The number of hydrogen-bond acceptors (Lipinski definition) is 4. The summed E-state index contributed by atoms with van der Waals surface area (Å²) in [6.07, 6.45) is 4.85. The van der Waals surface area contributed by atoms with Crippen molar-refractivity contribution in [2.24, 2.45) is 0 Å². The van der Waals surface area contributed by atoms with Gasteiger partial charge < -0.3 is 10.1 Å². The van der Waals surface area contributed by atoms with E-state index in [1.807, 2.05) is 12.1 Å². The Hall–Kier alpha value is -3.74. The first-order valence-electron chi connectivity index (χ1n) is 8.28. The number of carbonyl (C=O) groups excluding carboxylic acids is 1. The van der Waals surface area contributed by atoms with Gasteiger partial charge in [0.2, 0.25) is 0 Å². The van der Waals surface area contributed by atoms with E-state index in [9.17, 15) is 9.18 Å². The van der Waals surface area contributed by atoms with E-state index in [0.717, 1.165) is 5.56 Å². The van der Waals surface area contributed by atoms with Crippen molar-refractivity contribution in [1.29, 1.82) is 0 Å². The van der Waals surface area contributed by atoms with Crippen molar-refractivity contribution in [3.8, 4) is 11.5 Å². The highest BCUT2D eigenvalue weighted by atomic mass is 19.1. The second kappa shape index (κ2) is 7.25. The average Bonchev–Trinajstić information content (AvgIpc) is 3.13. The molecule has 0 spiro atoms. The molecule has 1 N–H and O–H groups in total. The fourth-order valence-electron chi connectivity index (χ4n) is 2.58. The van der Waals surface area contributed by atoms with Crippen LogP contribution in [0, 0.1) is 5.82 Å². The van der Waals surface area contributed by atoms with Gasteiger partial charge in [-0.25, -0.2) is 13.9 Å². The fourth-order valence-corrected chi connectivity index (χ4v) is 2.58. The number of nitrogens with zero attached hydrogens (tertiary/aromatic N) is 3. The minimum atomic E-state index is -0.310. The van der Waals surface area contributed by atoms with E-state index in [0.29, 0.717) is 29.3 Å². The molecule has 0 unspecified atom stereocenters. The third kappa shape index (κ3) is 3.77. The molecule has 0 aliphatic carbocycles. The van der Waals surface area contributed by atoms with Crippen LogP contribution in [0.3, 0.4) is 0 Å². The molecule has 7 heteroatoms.